The molecule has 7 heteroatoms. The summed E-state index contributed by atoms with van der Waals surface area (Å²) in [6, 6.07) is 6.38. The maximum atomic E-state index is 12.3. The molecular formula is C14H15NO4S2. The Balaban J connectivity index is 2.11. The molecule has 0 spiro atoms. The lowest BCUT2D eigenvalue weighted by Crippen LogP contribution is -2.04. The smallest absolute Gasteiger partial charge is 0.303 e. The molecule has 112 valence electrons. The molecule has 0 unspecified atom stereocenters. The van der Waals surface area contributed by atoms with Crippen LogP contribution in [0.5, 0.6) is 0 Å². The van der Waals surface area contributed by atoms with Crippen LogP contribution < -0.4 is 0 Å². The maximum absolute atomic E-state index is 12.3. The molecule has 0 aliphatic rings. The van der Waals surface area contributed by atoms with E-state index < -0.39 is 15.8 Å². The number of rotatable bonds is 6. The van der Waals surface area contributed by atoms with Crippen LogP contribution in [-0.2, 0) is 26.8 Å². The van der Waals surface area contributed by atoms with Crippen LogP contribution in [0.4, 0.5) is 0 Å². The molecule has 1 aromatic heterocycles. The Hall–Kier alpha value is -1.73. The molecule has 0 radical (unpaired) electrons. The highest BCUT2D eigenvalue weighted by Crippen LogP contribution is 2.21. The maximum Gasteiger partial charge on any atom is 0.303 e. The Morgan fingerprint density at radius 3 is 2.48 bits per heavy atom. The van der Waals surface area contributed by atoms with E-state index in [0.29, 0.717) is 11.3 Å². The van der Waals surface area contributed by atoms with Gasteiger partial charge in [-0.1, -0.05) is 12.1 Å². The minimum Gasteiger partial charge on any atom is -0.481 e. The van der Waals surface area contributed by atoms with Crippen molar-refractivity contribution in [3.63, 3.8) is 0 Å². The average Bonchev–Trinajstić information content (AvgIpc) is 2.81. The van der Waals surface area contributed by atoms with Crippen LogP contribution in [0.25, 0.3) is 0 Å². The van der Waals surface area contributed by atoms with Crippen molar-refractivity contribution >= 4 is 27.1 Å². The van der Waals surface area contributed by atoms with Crippen molar-refractivity contribution in [3.8, 4) is 0 Å². The van der Waals surface area contributed by atoms with Crippen molar-refractivity contribution in [2.45, 2.75) is 30.4 Å². The molecule has 0 saturated carbocycles. The molecule has 0 saturated heterocycles. The first-order valence-electron chi connectivity index (χ1n) is 6.31. The lowest BCUT2D eigenvalue weighted by molar-refractivity contribution is -0.136. The van der Waals surface area contributed by atoms with Gasteiger partial charge in [0.15, 0.2) is 9.84 Å². The Labute approximate surface area is 127 Å². The van der Waals surface area contributed by atoms with Crippen LogP contribution in [0, 0.1) is 6.92 Å². The number of aliphatic carboxylic acids is 1. The minimum absolute atomic E-state index is 0.0340. The quantitative estimate of drug-likeness (QED) is 0.882. The van der Waals surface area contributed by atoms with E-state index in [-0.39, 0.29) is 17.1 Å². The highest BCUT2D eigenvalue weighted by molar-refractivity contribution is 7.90. The van der Waals surface area contributed by atoms with Gasteiger partial charge in [-0.05, 0) is 31.0 Å². The number of thiazole rings is 1. The van der Waals surface area contributed by atoms with Crippen molar-refractivity contribution in [1.29, 1.82) is 0 Å². The van der Waals surface area contributed by atoms with E-state index in [1.165, 1.54) is 23.5 Å². The van der Waals surface area contributed by atoms with E-state index in [4.69, 9.17) is 5.11 Å². The lowest BCUT2D eigenvalue weighted by Gasteiger charge is -2.04. The van der Waals surface area contributed by atoms with Crippen LogP contribution in [0.15, 0.2) is 35.4 Å². The largest absolute Gasteiger partial charge is 0.481 e. The molecule has 1 N–H and O–H groups in total. The van der Waals surface area contributed by atoms with E-state index >= 15 is 0 Å². The number of carboxylic acid groups (broad SMARTS) is 1. The molecule has 0 atom stereocenters. The van der Waals surface area contributed by atoms with Gasteiger partial charge in [0.2, 0.25) is 0 Å². The fourth-order valence-corrected chi connectivity index (χ4v) is 4.32. The molecule has 21 heavy (non-hydrogen) atoms. The molecule has 2 aromatic rings. The Morgan fingerprint density at radius 2 is 1.95 bits per heavy atom. The first-order chi connectivity index (χ1) is 9.87. The molecule has 0 fully saturated rings. The second-order valence-electron chi connectivity index (χ2n) is 4.64. The summed E-state index contributed by atoms with van der Waals surface area (Å²) in [6.45, 7) is 1.83. The predicted molar refractivity (Wildman–Crippen MR) is 80.1 cm³/mol. The summed E-state index contributed by atoms with van der Waals surface area (Å²) in [6.07, 6.45) is 2.01. The fourth-order valence-electron chi connectivity index (χ4n) is 1.86. The van der Waals surface area contributed by atoms with Crippen molar-refractivity contribution in [2.24, 2.45) is 0 Å². The number of nitrogens with zero attached hydrogens (tertiary/aromatic N) is 1. The summed E-state index contributed by atoms with van der Waals surface area (Å²) in [4.78, 5) is 15.5. The number of hydrogen-bond donors (Lipinski definition) is 1. The Kier molecular flexibility index (Phi) is 4.74. The molecule has 1 heterocycles. The number of carboxylic acids is 1. The third-order valence-electron chi connectivity index (χ3n) is 2.91. The molecule has 0 bridgehead atoms. The second-order valence-corrected chi connectivity index (χ2v) is 7.95. The molecule has 0 amide bonds. The standard InChI is InChI=1S/C14H15NO4S2/c1-10-15-8-12(20-10)9-21(18,19)13-5-2-11(3-6-13)4-7-14(16)17/h2-3,5-6,8H,4,7,9H2,1H3,(H,16,17). The first kappa shape index (κ1) is 15.7. The van der Waals surface area contributed by atoms with Gasteiger partial charge in [-0.2, -0.15) is 0 Å². The zero-order chi connectivity index (χ0) is 15.5. The summed E-state index contributed by atoms with van der Waals surface area (Å²) in [5, 5.41) is 9.46. The normalized spacial score (nSPS) is 11.5. The van der Waals surface area contributed by atoms with Gasteiger partial charge in [-0.3, -0.25) is 4.79 Å². The zero-order valence-corrected chi connectivity index (χ0v) is 13.1. The third kappa shape index (κ3) is 4.37. The Bertz CT molecular complexity index is 733. The van der Waals surface area contributed by atoms with E-state index in [9.17, 15) is 13.2 Å². The molecule has 0 aliphatic heterocycles. The third-order valence-corrected chi connectivity index (χ3v) is 5.69. The number of carbonyl (C=O) groups is 1. The average molecular weight is 325 g/mol. The monoisotopic (exact) mass is 325 g/mol. The number of benzene rings is 1. The topological polar surface area (TPSA) is 84.3 Å². The molecule has 0 aliphatic carbocycles. The number of sulfone groups is 1. The predicted octanol–water partition coefficient (Wildman–Crippen LogP) is 2.44. The summed E-state index contributed by atoms with van der Waals surface area (Å²) < 4.78 is 24.5. The first-order valence-corrected chi connectivity index (χ1v) is 8.78. The van der Waals surface area contributed by atoms with Crippen molar-refractivity contribution in [1.82, 2.24) is 4.98 Å². The van der Waals surface area contributed by atoms with Crippen LogP contribution in [0.3, 0.4) is 0 Å². The van der Waals surface area contributed by atoms with Gasteiger partial charge >= 0.3 is 5.97 Å². The molecule has 5 nitrogen and oxygen atoms in total. The molecular weight excluding hydrogens is 310 g/mol. The fraction of sp³-hybridized carbons (Fsp3) is 0.286. The van der Waals surface area contributed by atoms with Gasteiger partial charge in [0.25, 0.3) is 0 Å². The number of aryl methyl sites for hydroxylation is 2. The minimum atomic E-state index is -3.39. The lowest BCUT2D eigenvalue weighted by atomic mass is 10.1. The highest BCUT2D eigenvalue weighted by atomic mass is 32.2. The van der Waals surface area contributed by atoms with Crippen molar-refractivity contribution < 1.29 is 18.3 Å². The number of aromatic nitrogens is 1. The van der Waals surface area contributed by atoms with Gasteiger partial charge in [-0.15, -0.1) is 11.3 Å². The summed E-state index contributed by atoms with van der Waals surface area (Å²) >= 11 is 1.37. The van der Waals surface area contributed by atoms with Crippen LogP contribution in [0.1, 0.15) is 21.9 Å². The van der Waals surface area contributed by atoms with Gasteiger partial charge in [-0.25, -0.2) is 13.4 Å². The summed E-state index contributed by atoms with van der Waals surface area (Å²) in [5.74, 6) is -0.931. The Morgan fingerprint density at radius 1 is 1.29 bits per heavy atom. The van der Waals surface area contributed by atoms with Crippen molar-refractivity contribution in [3.05, 3.63) is 45.9 Å². The van der Waals surface area contributed by atoms with E-state index in [2.05, 4.69) is 4.98 Å². The van der Waals surface area contributed by atoms with Crippen LogP contribution in [0.2, 0.25) is 0 Å². The summed E-state index contributed by atoms with van der Waals surface area (Å²) in [7, 11) is -3.39. The van der Waals surface area contributed by atoms with Crippen LogP contribution in [-0.4, -0.2) is 24.5 Å². The van der Waals surface area contributed by atoms with Gasteiger partial charge in [0.1, 0.15) is 0 Å². The number of hydrogen-bond acceptors (Lipinski definition) is 5. The van der Waals surface area contributed by atoms with Gasteiger partial charge < -0.3 is 5.11 Å². The molecule has 2 rings (SSSR count). The summed E-state index contributed by atoms with van der Waals surface area (Å²) in [5.41, 5.74) is 0.810. The molecule has 1 aromatic carbocycles. The van der Waals surface area contributed by atoms with E-state index in [1.807, 2.05) is 6.92 Å². The highest BCUT2D eigenvalue weighted by Gasteiger charge is 2.16. The van der Waals surface area contributed by atoms with E-state index in [0.717, 1.165) is 10.6 Å². The van der Waals surface area contributed by atoms with Crippen LogP contribution >= 0.6 is 11.3 Å². The van der Waals surface area contributed by atoms with Gasteiger partial charge in [0.05, 0.1) is 15.7 Å². The zero-order valence-electron chi connectivity index (χ0n) is 11.4. The second kappa shape index (κ2) is 6.36. The van der Waals surface area contributed by atoms with E-state index in [1.54, 1.807) is 18.3 Å². The SMILES string of the molecule is Cc1ncc(CS(=O)(=O)c2ccc(CCC(=O)O)cc2)s1. The van der Waals surface area contributed by atoms with Crippen molar-refractivity contribution in [2.75, 3.05) is 0 Å². The van der Waals surface area contributed by atoms with Gasteiger partial charge in [0, 0.05) is 17.5 Å².